The maximum Gasteiger partial charge on any atom is 0.253 e. The fourth-order valence-electron chi connectivity index (χ4n) is 5.83. The quantitative estimate of drug-likeness (QED) is 0.178. The predicted octanol–water partition coefficient (Wildman–Crippen LogP) is 5.58. The van der Waals surface area contributed by atoms with Crippen LogP contribution < -0.4 is 19.7 Å². The van der Waals surface area contributed by atoms with Gasteiger partial charge in [0.25, 0.3) is 5.91 Å². The number of carbonyl (C=O) groups is 1. The molecule has 0 saturated carbocycles. The predicted molar refractivity (Wildman–Crippen MR) is 175 cm³/mol. The molecule has 0 saturated heterocycles. The molecule has 0 spiro atoms. The molecule has 228 valence electrons. The van der Waals surface area contributed by atoms with Gasteiger partial charge in [-0.1, -0.05) is 43.2 Å². The van der Waals surface area contributed by atoms with Crippen molar-refractivity contribution in [1.29, 1.82) is 0 Å². The Morgan fingerprint density at radius 1 is 0.909 bits per heavy atom. The number of rotatable bonds is 12. The van der Waals surface area contributed by atoms with Gasteiger partial charge >= 0.3 is 0 Å². The molecule has 0 aliphatic carbocycles. The molecule has 2 N–H and O–H groups in total. The molecule has 1 aliphatic rings. The summed E-state index contributed by atoms with van der Waals surface area (Å²) in [4.78, 5) is 19.6. The Morgan fingerprint density at radius 3 is 2.48 bits per heavy atom. The van der Waals surface area contributed by atoms with Crippen molar-refractivity contribution in [3.8, 4) is 17.1 Å². The number of ether oxygens (including phenoxy) is 1. The molecule has 0 radical (unpaired) electrons. The standard InChI is InChI=1S/C34H37N5O4S/c1-38(2)30-14-8-11-27-26(30)10-9-15-31(27)44(41,42)36-20-5-3-4-6-23-43-25-18-16-24(17-19-25)33-37-29-13-7-12-28-32(29)39(33)22-21-35-34(28)40/h7-19,36H,3-6,20-23H2,1-2H3,(H,35,40). The lowest BCUT2D eigenvalue weighted by Gasteiger charge is -2.17. The summed E-state index contributed by atoms with van der Waals surface area (Å²) in [5, 5.41) is 4.59. The Labute approximate surface area is 257 Å². The minimum absolute atomic E-state index is 0.0643. The van der Waals surface area contributed by atoms with Crippen molar-refractivity contribution in [2.75, 3.05) is 38.7 Å². The Morgan fingerprint density at radius 2 is 1.66 bits per heavy atom. The van der Waals surface area contributed by atoms with Gasteiger partial charge in [-0.2, -0.15) is 0 Å². The van der Waals surface area contributed by atoms with Gasteiger partial charge in [-0.05, 0) is 61.4 Å². The second kappa shape index (κ2) is 12.7. The molecule has 4 aromatic carbocycles. The van der Waals surface area contributed by atoms with Gasteiger partial charge < -0.3 is 19.5 Å². The number of para-hydroxylation sites is 1. The van der Waals surface area contributed by atoms with Crippen LogP contribution in [0.1, 0.15) is 36.0 Å². The van der Waals surface area contributed by atoms with Gasteiger partial charge in [-0.25, -0.2) is 18.1 Å². The lowest BCUT2D eigenvalue weighted by molar-refractivity contribution is 0.0956. The first kappa shape index (κ1) is 29.7. The Kier molecular flexibility index (Phi) is 8.54. The summed E-state index contributed by atoms with van der Waals surface area (Å²) in [6.45, 7) is 2.20. The third-order valence-electron chi connectivity index (χ3n) is 8.01. The largest absolute Gasteiger partial charge is 0.494 e. The first-order valence-electron chi connectivity index (χ1n) is 15.0. The van der Waals surface area contributed by atoms with Crippen LogP contribution in [0.2, 0.25) is 0 Å². The van der Waals surface area contributed by atoms with Crippen LogP contribution in [-0.2, 0) is 16.6 Å². The van der Waals surface area contributed by atoms with Crippen molar-refractivity contribution in [3.05, 3.63) is 84.4 Å². The topological polar surface area (TPSA) is 106 Å². The highest BCUT2D eigenvalue weighted by Crippen LogP contribution is 2.31. The highest BCUT2D eigenvalue weighted by Gasteiger charge is 2.22. The summed E-state index contributed by atoms with van der Waals surface area (Å²) in [6, 6.07) is 24.7. The molecule has 1 amide bonds. The van der Waals surface area contributed by atoms with Crippen molar-refractivity contribution < 1.29 is 17.9 Å². The summed E-state index contributed by atoms with van der Waals surface area (Å²) in [6.07, 6.45) is 3.48. The molecular formula is C34H37N5O4S. The second-order valence-electron chi connectivity index (χ2n) is 11.2. The highest BCUT2D eigenvalue weighted by atomic mass is 32.2. The van der Waals surface area contributed by atoms with E-state index in [0.29, 0.717) is 36.7 Å². The number of hydrogen-bond donors (Lipinski definition) is 2. The number of fused-ring (bicyclic) bond motifs is 1. The van der Waals surface area contributed by atoms with E-state index in [1.54, 1.807) is 12.1 Å². The van der Waals surface area contributed by atoms with E-state index < -0.39 is 10.0 Å². The summed E-state index contributed by atoms with van der Waals surface area (Å²) >= 11 is 0. The van der Waals surface area contributed by atoms with Gasteiger partial charge in [0.15, 0.2) is 0 Å². The fourth-order valence-corrected chi connectivity index (χ4v) is 7.12. The van der Waals surface area contributed by atoms with Gasteiger partial charge in [0.2, 0.25) is 10.0 Å². The number of hydrogen-bond acceptors (Lipinski definition) is 6. The number of sulfonamides is 1. The number of anilines is 1. The second-order valence-corrected chi connectivity index (χ2v) is 13.0. The van der Waals surface area contributed by atoms with E-state index >= 15 is 0 Å². The van der Waals surface area contributed by atoms with Crippen LogP contribution in [0.3, 0.4) is 0 Å². The summed E-state index contributed by atoms with van der Waals surface area (Å²) in [5.41, 5.74) is 4.30. The number of benzene rings is 4. The molecule has 0 bridgehead atoms. The van der Waals surface area contributed by atoms with Crippen LogP contribution in [0.15, 0.2) is 83.8 Å². The molecule has 9 nitrogen and oxygen atoms in total. The molecule has 10 heteroatoms. The molecule has 0 atom stereocenters. The molecule has 1 aromatic heterocycles. The number of nitrogens with zero attached hydrogens (tertiary/aromatic N) is 3. The minimum atomic E-state index is -3.62. The average molecular weight is 612 g/mol. The van der Waals surface area contributed by atoms with E-state index in [9.17, 15) is 13.2 Å². The average Bonchev–Trinajstić information content (AvgIpc) is 3.31. The zero-order valence-corrected chi connectivity index (χ0v) is 25.9. The molecular weight excluding hydrogens is 574 g/mol. The van der Waals surface area contributed by atoms with E-state index in [-0.39, 0.29) is 5.91 Å². The molecule has 0 fully saturated rings. The van der Waals surface area contributed by atoms with E-state index in [1.807, 2.05) is 85.7 Å². The zero-order valence-electron chi connectivity index (χ0n) is 25.0. The monoisotopic (exact) mass is 611 g/mol. The lowest BCUT2D eigenvalue weighted by atomic mass is 10.1. The minimum Gasteiger partial charge on any atom is -0.494 e. The first-order valence-corrected chi connectivity index (χ1v) is 16.5. The maximum absolute atomic E-state index is 13.1. The van der Waals surface area contributed by atoms with Crippen molar-refractivity contribution in [3.63, 3.8) is 0 Å². The zero-order chi connectivity index (χ0) is 30.7. The van der Waals surface area contributed by atoms with Crippen molar-refractivity contribution in [2.45, 2.75) is 37.1 Å². The van der Waals surface area contributed by atoms with Crippen LogP contribution >= 0.6 is 0 Å². The molecule has 0 unspecified atom stereocenters. The summed E-state index contributed by atoms with van der Waals surface area (Å²) < 4.78 is 37.0. The third-order valence-corrected chi connectivity index (χ3v) is 9.53. The smallest absolute Gasteiger partial charge is 0.253 e. The summed E-state index contributed by atoms with van der Waals surface area (Å²) in [5.74, 6) is 1.56. The van der Waals surface area contributed by atoms with Gasteiger partial charge in [0.05, 0.1) is 28.1 Å². The van der Waals surface area contributed by atoms with Gasteiger partial charge in [0, 0.05) is 55.8 Å². The number of carbonyl (C=O) groups excluding carboxylic acids is 1. The van der Waals surface area contributed by atoms with Crippen molar-refractivity contribution in [2.24, 2.45) is 0 Å². The molecule has 44 heavy (non-hydrogen) atoms. The van der Waals surface area contributed by atoms with Gasteiger partial charge in [-0.3, -0.25) is 4.79 Å². The maximum atomic E-state index is 13.1. The number of imidazole rings is 1. The third kappa shape index (κ3) is 6.00. The van der Waals surface area contributed by atoms with Crippen LogP contribution in [0.4, 0.5) is 5.69 Å². The van der Waals surface area contributed by atoms with Crippen LogP contribution in [0, 0.1) is 0 Å². The number of nitrogens with one attached hydrogen (secondary N) is 2. The van der Waals surface area contributed by atoms with E-state index in [1.165, 1.54) is 0 Å². The lowest BCUT2D eigenvalue weighted by Crippen LogP contribution is -2.25. The van der Waals surface area contributed by atoms with Crippen LogP contribution in [0.25, 0.3) is 33.2 Å². The Bertz CT molecular complexity index is 1920. The summed E-state index contributed by atoms with van der Waals surface area (Å²) in [7, 11) is 0.286. The van der Waals surface area contributed by atoms with Gasteiger partial charge in [-0.15, -0.1) is 0 Å². The SMILES string of the molecule is CN(C)c1cccc2c(S(=O)(=O)NCCCCCCOc3ccc(-c4nc5cccc6c5n4CCNC6=O)cc3)cccc12. The Balaban J connectivity index is 0.969. The normalized spacial score (nSPS) is 13.2. The van der Waals surface area contributed by atoms with Gasteiger partial charge in [0.1, 0.15) is 11.6 Å². The Hall–Kier alpha value is -4.41. The molecule has 2 heterocycles. The highest BCUT2D eigenvalue weighted by molar-refractivity contribution is 7.89. The molecule has 6 rings (SSSR count). The number of amides is 1. The van der Waals surface area contributed by atoms with E-state index in [0.717, 1.165) is 70.3 Å². The number of aromatic nitrogens is 2. The first-order chi connectivity index (χ1) is 21.3. The molecule has 1 aliphatic heterocycles. The number of unbranched alkanes of at least 4 members (excludes halogenated alkanes) is 3. The van der Waals surface area contributed by atoms with Crippen molar-refractivity contribution in [1.82, 2.24) is 19.6 Å². The fraction of sp³-hybridized carbons (Fsp3) is 0.294. The van der Waals surface area contributed by atoms with E-state index in [2.05, 4.69) is 14.6 Å². The van der Waals surface area contributed by atoms with E-state index in [4.69, 9.17) is 9.72 Å². The van der Waals surface area contributed by atoms with Crippen LogP contribution in [-0.4, -0.2) is 57.7 Å². The molecule has 5 aromatic rings. The van der Waals surface area contributed by atoms with Crippen LogP contribution in [0.5, 0.6) is 5.75 Å². The van der Waals surface area contributed by atoms with Crippen molar-refractivity contribution >= 4 is 43.4 Å².